The van der Waals surface area contributed by atoms with Crippen LogP contribution in [-0.4, -0.2) is 26.0 Å². The molecule has 26 heavy (non-hydrogen) atoms. The van der Waals surface area contributed by atoms with E-state index < -0.39 is 5.25 Å². The number of hydrogen-bond acceptors (Lipinski definition) is 5. The molecule has 0 bridgehead atoms. The van der Waals surface area contributed by atoms with Gasteiger partial charge in [0, 0.05) is 0 Å². The van der Waals surface area contributed by atoms with Gasteiger partial charge in [0.15, 0.2) is 0 Å². The second-order valence-corrected chi connectivity index (χ2v) is 7.41. The SMILES string of the molecule is Cc1nnc2n1N[C@H](c1ccccc1)[C@@H](C(=O)Nc1ccccc1Cl)S2. The molecule has 0 aliphatic carbocycles. The molecule has 0 unspecified atom stereocenters. The molecule has 6 nitrogen and oxygen atoms in total. The summed E-state index contributed by atoms with van der Waals surface area (Å²) < 4.78 is 1.82. The van der Waals surface area contributed by atoms with Crippen molar-refractivity contribution in [1.29, 1.82) is 0 Å². The maximum Gasteiger partial charge on any atom is 0.240 e. The minimum atomic E-state index is -0.426. The lowest BCUT2D eigenvalue weighted by Crippen LogP contribution is -2.41. The zero-order chi connectivity index (χ0) is 18.1. The summed E-state index contributed by atoms with van der Waals surface area (Å²) in [6.07, 6.45) is 0. The van der Waals surface area contributed by atoms with Gasteiger partial charge in [0.05, 0.1) is 16.8 Å². The highest BCUT2D eigenvalue weighted by Crippen LogP contribution is 2.37. The standard InChI is InChI=1S/C18H16ClN5OS/c1-11-21-22-18-24(11)23-15(12-7-3-2-4-8-12)16(26-18)17(25)20-14-10-6-5-9-13(14)19/h2-10,15-16,23H,1H3,(H,20,25)/t15-,16+/m1/s1. The van der Waals surface area contributed by atoms with Gasteiger partial charge in [-0.1, -0.05) is 65.8 Å². The maximum atomic E-state index is 13.0. The van der Waals surface area contributed by atoms with Gasteiger partial charge >= 0.3 is 0 Å². The van der Waals surface area contributed by atoms with E-state index in [1.165, 1.54) is 11.8 Å². The first kappa shape index (κ1) is 16.9. The molecule has 1 aromatic heterocycles. The molecule has 0 saturated carbocycles. The van der Waals surface area contributed by atoms with E-state index in [-0.39, 0.29) is 11.9 Å². The Labute approximate surface area is 159 Å². The van der Waals surface area contributed by atoms with Crippen molar-refractivity contribution in [3.8, 4) is 0 Å². The van der Waals surface area contributed by atoms with Crippen LogP contribution in [0.2, 0.25) is 5.02 Å². The molecule has 2 atom stereocenters. The summed E-state index contributed by atoms with van der Waals surface area (Å²) in [5, 5.41) is 11.9. The number of anilines is 1. The predicted molar refractivity (Wildman–Crippen MR) is 103 cm³/mol. The van der Waals surface area contributed by atoms with Gasteiger partial charge in [0.2, 0.25) is 11.1 Å². The average Bonchev–Trinajstić information content (AvgIpc) is 3.03. The Morgan fingerprint density at radius 2 is 1.88 bits per heavy atom. The number of aromatic nitrogens is 3. The van der Waals surface area contributed by atoms with Gasteiger partial charge in [-0.05, 0) is 24.6 Å². The Balaban J connectivity index is 1.67. The van der Waals surface area contributed by atoms with Crippen molar-refractivity contribution in [1.82, 2.24) is 14.9 Å². The van der Waals surface area contributed by atoms with Crippen molar-refractivity contribution >= 4 is 35.0 Å². The molecule has 0 radical (unpaired) electrons. The van der Waals surface area contributed by atoms with Crippen LogP contribution in [0.25, 0.3) is 0 Å². The van der Waals surface area contributed by atoms with Gasteiger partial charge in [0.1, 0.15) is 11.1 Å². The molecule has 3 aromatic rings. The number of carbonyl (C=O) groups excluding carboxylic acids is 1. The van der Waals surface area contributed by atoms with Crippen LogP contribution < -0.4 is 10.7 Å². The Bertz CT molecular complexity index is 946. The first-order valence-electron chi connectivity index (χ1n) is 8.09. The number of amides is 1. The van der Waals surface area contributed by atoms with Crippen molar-refractivity contribution < 1.29 is 4.79 Å². The minimum Gasteiger partial charge on any atom is -0.324 e. The van der Waals surface area contributed by atoms with Gasteiger partial charge < -0.3 is 10.7 Å². The smallest absolute Gasteiger partial charge is 0.240 e. The van der Waals surface area contributed by atoms with Crippen LogP contribution in [0.5, 0.6) is 0 Å². The zero-order valence-electron chi connectivity index (χ0n) is 13.9. The van der Waals surface area contributed by atoms with Crippen LogP contribution in [0.3, 0.4) is 0 Å². The third-order valence-electron chi connectivity index (χ3n) is 4.15. The number of thioether (sulfide) groups is 1. The molecule has 2 heterocycles. The monoisotopic (exact) mass is 385 g/mol. The molecule has 132 valence electrons. The lowest BCUT2D eigenvalue weighted by Gasteiger charge is -2.32. The average molecular weight is 386 g/mol. The number of para-hydroxylation sites is 1. The second kappa shape index (κ2) is 7.01. The Hall–Kier alpha value is -2.51. The summed E-state index contributed by atoms with van der Waals surface area (Å²) in [6, 6.07) is 16.8. The molecule has 1 aliphatic heterocycles. The van der Waals surface area contributed by atoms with Crippen LogP contribution in [0, 0.1) is 6.92 Å². The highest BCUT2D eigenvalue weighted by atomic mass is 35.5. The van der Waals surface area contributed by atoms with Crippen molar-refractivity contribution in [3.05, 3.63) is 71.0 Å². The van der Waals surface area contributed by atoms with E-state index in [9.17, 15) is 4.79 Å². The van der Waals surface area contributed by atoms with E-state index in [4.69, 9.17) is 11.6 Å². The first-order valence-corrected chi connectivity index (χ1v) is 9.35. The topological polar surface area (TPSA) is 71.8 Å². The fraction of sp³-hybridized carbons (Fsp3) is 0.167. The van der Waals surface area contributed by atoms with Crippen molar-refractivity contribution in [2.75, 3.05) is 10.7 Å². The van der Waals surface area contributed by atoms with E-state index in [0.717, 1.165) is 11.4 Å². The van der Waals surface area contributed by atoms with Crippen LogP contribution >= 0.6 is 23.4 Å². The minimum absolute atomic E-state index is 0.142. The predicted octanol–water partition coefficient (Wildman–Crippen LogP) is 3.64. The highest BCUT2D eigenvalue weighted by Gasteiger charge is 2.37. The summed E-state index contributed by atoms with van der Waals surface area (Å²) in [4.78, 5) is 13.0. The summed E-state index contributed by atoms with van der Waals surface area (Å²) in [7, 11) is 0. The van der Waals surface area contributed by atoms with E-state index in [0.29, 0.717) is 15.9 Å². The van der Waals surface area contributed by atoms with E-state index in [1.807, 2.05) is 54.1 Å². The Morgan fingerprint density at radius 1 is 1.15 bits per heavy atom. The molecular formula is C18H16ClN5OS. The number of fused-ring (bicyclic) bond motifs is 1. The Morgan fingerprint density at radius 3 is 2.65 bits per heavy atom. The lowest BCUT2D eigenvalue weighted by molar-refractivity contribution is -0.116. The molecule has 0 saturated heterocycles. The number of rotatable bonds is 3. The van der Waals surface area contributed by atoms with Crippen molar-refractivity contribution in [2.45, 2.75) is 23.4 Å². The van der Waals surface area contributed by atoms with E-state index in [1.54, 1.807) is 12.1 Å². The molecule has 4 rings (SSSR count). The molecule has 0 fully saturated rings. The summed E-state index contributed by atoms with van der Waals surface area (Å²) in [5.41, 5.74) is 4.97. The normalized spacial score (nSPS) is 18.7. The number of nitrogens with zero attached hydrogens (tertiary/aromatic N) is 3. The fourth-order valence-corrected chi connectivity index (χ4v) is 4.15. The van der Waals surface area contributed by atoms with Crippen LogP contribution in [0.1, 0.15) is 17.4 Å². The number of nitrogens with one attached hydrogen (secondary N) is 2. The quantitative estimate of drug-likeness (QED) is 0.720. The van der Waals surface area contributed by atoms with E-state index >= 15 is 0 Å². The summed E-state index contributed by atoms with van der Waals surface area (Å²) in [5.74, 6) is 0.606. The zero-order valence-corrected chi connectivity index (χ0v) is 15.5. The summed E-state index contributed by atoms with van der Waals surface area (Å²) in [6.45, 7) is 1.87. The number of carbonyl (C=O) groups is 1. The van der Waals surface area contributed by atoms with Gasteiger partial charge in [-0.2, -0.15) is 0 Å². The van der Waals surface area contributed by atoms with Gasteiger partial charge in [-0.15, -0.1) is 10.2 Å². The number of aryl methyl sites for hydroxylation is 1. The molecule has 8 heteroatoms. The van der Waals surface area contributed by atoms with Gasteiger partial charge in [-0.25, -0.2) is 4.68 Å². The molecule has 1 aliphatic rings. The third-order valence-corrected chi connectivity index (χ3v) is 5.69. The third kappa shape index (κ3) is 3.15. The Kier molecular flexibility index (Phi) is 4.57. The van der Waals surface area contributed by atoms with Gasteiger partial charge in [-0.3, -0.25) is 4.79 Å². The fourth-order valence-electron chi connectivity index (χ4n) is 2.84. The van der Waals surface area contributed by atoms with Crippen molar-refractivity contribution in [2.24, 2.45) is 0 Å². The highest BCUT2D eigenvalue weighted by molar-refractivity contribution is 8.00. The number of benzene rings is 2. The van der Waals surface area contributed by atoms with Gasteiger partial charge in [0.25, 0.3) is 0 Å². The van der Waals surface area contributed by atoms with Crippen LogP contribution in [-0.2, 0) is 4.79 Å². The first-order chi connectivity index (χ1) is 12.6. The molecular weight excluding hydrogens is 370 g/mol. The molecule has 0 spiro atoms. The number of hydrogen-bond donors (Lipinski definition) is 2. The maximum absolute atomic E-state index is 13.0. The number of halogens is 1. The largest absolute Gasteiger partial charge is 0.324 e. The lowest BCUT2D eigenvalue weighted by atomic mass is 10.0. The van der Waals surface area contributed by atoms with Crippen LogP contribution in [0.4, 0.5) is 5.69 Å². The molecule has 2 N–H and O–H groups in total. The van der Waals surface area contributed by atoms with Crippen molar-refractivity contribution in [3.63, 3.8) is 0 Å². The second-order valence-electron chi connectivity index (χ2n) is 5.89. The van der Waals surface area contributed by atoms with E-state index in [2.05, 4.69) is 20.9 Å². The van der Waals surface area contributed by atoms with Crippen LogP contribution in [0.15, 0.2) is 59.8 Å². The molecule has 2 aromatic carbocycles. The summed E-state index contributed by atoms with van der Waals surface area (Å²) >= 11 is 7.57. The molecule has 1 amide bonds.